The molecular formula is C23H22F3N3O3. The third-order valence-corrected chi connectivity index (χ3v) is 5.41. The number of aromatic amines is 1. The van der Waals surface area contributed by atoms with E-state index in [4.69, 9.17) is 4.74 Å². The third kappa shape index (κ3) is 5.16. The Morgan fingerprint density at radius 1 is 1.19 bits per heavy atom. The molecule has 3 aromatic rings. The first-order valence-corrected chi connectivity index (χ1v) is 10.3. The summed E-state index contributed by atoms with van der Waals surface area (Å²) in [4.78, 5) is 34.1. The number of alkyl halides is 3. The summed E-state index contributed by atoms with van der Waals surface area (Å²) in [7, 11) is 0. The van der Waals surface area contributed by atoms with Gasteiger partial charge in [0.2, 0.25) is 5.91 Å². The highest BCUT2D eigenvalue weighted by Crippen LogP contribution is 2.29. The monoisotopic (exact) mass is 445 g/mol. The van der Waals surface area contributed by atoms with E-state index < -0.39 is 11.7 Å². The van der Waals surface area contributed by atoms with Gasteiger partial charge in [-0.3, -0.25) is 9.59 Å². The summed E-state index contributed by atoms with van der Waals surface area (Å²) in [6.07, 6.45) is -3.17. The molecule has 168 valence electrons. The van der Waals surface area contributed by atoms with Gasteiger partial charge < -0.3 is 14.6 Å². The number of hydrogen-bond acceptors (Lipinski definition) is 4. The number of rotatable bonds is 6. The maximum Gasteiger partial charge on any atom is 0.416 e. The average Bonchev–Trinajstić information content (AvgIpc) is 3.26. The first kappa shape index (κ1) is 22.0. The van der Waals surface area contributed by atoms with Crippen molar-refractivity contribution in [3.63, 3.8) is 0 Å². The Bertz CT molecular complexity index is 1170. The van der Waals surface area contributed by atoms with E-state index in [0.29, 0.717) is 23.3 Å². The first-order chi connectivity index (χ1) is 15.3. The lowest BCUT2D eigenvalue weighted by molar-refractivity contribution is -0.138. The van der Waals surface area contributed by atoms with Crippen molar-refractivity contribution in [3.05, 3.63) is 75.8 Å². The lowest BCUT2D eigenvalue weighted by atomic mass is 10.1. The van der Waals surface area contributed by atoms with Gasteiger partial charge in [-0.1, -0.05) is 30.3 Å². The average molecular weight is 445 g/mol. The molecule has 1 atom stereocenters. The largest absolute Gasteiger partial charge is 0.416 e. The van der Waals surface area contributed by atoms with Crippen LogP contribution in [0.25, 0.3) is 10.9 Å². The van der Waals surface area contributed by atoms with Crippen LogP contribution in [0.3, 0.4) is 0 Å². The van der Waals surface area contributed by atoms with Gasteiger partial charge in [0.05, 0.1) is 35.5 Å². The molecule has 1 amide bonds. The fourth-order valence-corrected chi connectivity index (χ4v) is 3.82. The van der Waals surface area contributed by atoms with Crippen molar-refractivity contribution in [3.8, 4) is 0 Å². The minimum absolute atomic E-state index is 0.0255. The van der Waals surface area contributed by atoms with E-state index in [1.165, 1.54) is 17.0 Å². The lowest BCUT2D eigenvalue weighted by Crippen LogP contribution is -2.38. The van der Waals surface area contributed by atoms with Crippen molar-refractivity contribution in [1.29, 1.82) is 0 Å². The van der Waals surface area contributed by atoms with Gasteiger partial charge in [0.15, 0.2) is 0 Å². The van der Waals surface area contributed by atoms with Gasteiger partial charge >= 0.3 is 6.18 Å². The summed E-state index contributed by atoms with van der Waals surface area (Å²) >= 11 is 0. The minimum Gasteiger partial charge on any atom is -0.376 e. The minimum atomic E-state index is -4.48. The zero-order valence-electron chi connectivity index (χ0n) is 17.2. The van der Waals surface area contributed by atoms with E-state index in [1.54, 1.807) is 24.3 Å². The Morgan fingerprint density at radius 2 is 2.00 bits per heavy atom. The molecule has 0 bridgehead atoms. The van der Waals surface area contributed by atoms with Crippen LogP contribution in [-0.2, 0) is 28.7 Å². The molecule has 0 saturated carbocycles. The van der Waals surface area contributed by atoms with Crippen molar-refractivity contribution in [1.82, 2.24) is 14.9 Å². The fourth-order valence-electron chi connectivity index (χ4n) is 3.82. The molecule has 1 aliphatic rings. The number of halogens is 3. The summed E-state index contributed by atoms with van der Waals surface area (Å²) in [6.45, 7) is 0.900. The Balaban J connectivity index is 1.58. The molecule has 32 heavy (non-hydrogen) atoms. The number of aromatic nitrogens is 2. The highest BCUT2D eigenvalue weighted by Gasteiger charge is 2.31. The highest BCUT2D eigenvalue weighted by molar-refractivity contribution is 5.79. The number of amides is 1. The van der Waals surface area contributed by atoms with Crippen LogP contribution in [0.15, 0.2) is 53.3 Å². The van der Waals surface area contributed by atoms with Gasteiger partial charge in [-0.15, -0.1) is 0 Å². The Kier molecular flexibility index (Phi) is 6.27. The molecule has 2 heterocycles. The molecule has 6 nitrogen and oxygen atoms in total. The third-order valence-electron chi connectivity index (χ3n) is 5.41. The van der Waals surface area contributed by atoms with Gasteiger partial charge in [-0.2, -0.15) is 13.2 Å². The van der Waals surface area contributed by atoms with Crippen LogP contribution in [0, 0.1) is 0 Å². The number of para-hydroxylation sites is 1. The number of benzene rings is 2. The number of nitrogens with one attached hydrogen (secondary N) is 1. The predicted molar refractivity (Wildman–Crippen MR) is 112 cm³/mol. The van der Waals surface area contributed by atoms with Crippen molar-refractivity contribution < 1.29 is 22.7 Å². The zero-order valence-corrected chi connectivity index (χ0v) is 17.2. The van der Waals surface area contributed by atoms with Crippen LogP contribution in [0.1, 0.15) is 29.8 Å². The number of carbonyl (C=O) groups excluding carboxylic acids is 1. The van der Waals surface area contributed by atoms with Crippen molar-refractivity contribution in [2.24, 2.45) is 0 Å². The van der Waals surface area contributed by atoms with Crippen LogP contribution < -0.4 is 5.56 Å². The van der Waals surface area contributed by atoms with Crippen LogP contribution in [0.4, 0.5) is 13.2 Å². The first-order valence-electron chi connectivity index (χ1n) is 10.3. The topological polar surface area (TPSA) is 75.3 Å². The molecule has 0 radical (unpaired) electrons. The number of hydrogen-bond donors (Lipinski definition) is 1. The SMILES string of the molecule is O=C(Cc1cccc(C(F)(F)F)c1)N(Cc1nc2ccccc2c(=O)[nH]1)CC1CCCO1. The molecule has 1 N–H and O–H groups in total. The zero-order chi connectivity index (χ0) is 22.7. The molecule has 9 heteroatoms. The Morgan fingerprint density at radius 3 is 2.75 bits per heavy atom. The van der Waals surface area contributed by atoms with Crippen LogP contribution in [-0.4, -0.2) is 40.0 Å². The van der Waals surface area contributed by atoms with Gasteiger partial charge in [-0.25, -0.2) is 4.98 Å². The number of fused-ring (bicyclic) bond motifs is 1. The molecule has 0 spiro atoms. The smallest absolute Gasteiger partial charge is 0.376 e. The Hall–Kier alpha value is -3.20. The summed E-state index contributed by atoms with van der Waals surface area (Å²) in [5.41, 5.74) is -0.335. The maximum absolute atomic E-state index is 13.1. The second-order valence-corrected chi connectivity index (χ2v) is 7.81. The second-order valence-electron chi connectivity index (χ2n) is 7.81. The number of ether oxygens (including phenoxy) is 1. The second kappa shape index (κ2) is 9.12. The molecular weight excluding hydrogens is 423 g/mol. The van der Waals surface area contributed by atoms with Gasteiger partial charge in [0, 0.05) is 13.2 Å². The molecule has 2 aromatic carbocycles. The molecule has 1 aromatic heterocycles. The van der Waals surface area contributed by atoms with Crippen LogP contribution >= 0.6 is 0 Å². The van der Waals surface area contributed by atoms with Gasteiger partial charge in [-0.05, 0) is 36.6 Å². The lowest BCUT2D eigenvalue weighted by Gasteiger charge is -2.25. The Labute approximate surface area is 182 Å². The van der Waals surface area contributed by atoms with E-state index in [1.807, 2.05) is 0 Å². The van der Waals surface area contributed by atoms with Gasteiger partial charge in [0.25, 0.3) is 5.56 Å². The summed E-state index contributed by atoms with van der Waals surface area (Å²) in [5.74, 6) is -0.0558. The molecule has 1 aliphatic heterocycles. The fraction of sp³-hybridized carbons (Fsp3) is 0.348. The van der Waals surface area contributed by atoms with E-state index in [2.05, 4.69) is 9.97 Å². The van der Waals surface area contributed by atoms with E-state index >= 15 is 0 Å². The summed E-state index contributed by atoms with van der Waals surface area (Å²) in [6, 6.07) is 11.6. The summed E-state index contributed by atoms with van der Waals surface area (Å²) < 4.78 is 44.7. The maximum atomic E-state index is 13.1. The van der Waals surface area contributed by atoms with Crippen LogP contribution in [0.2, 0.25) is 0 Å². The van der Waals surface area contributed by atoms with E-state index in [-0.39, 0.29) is 42.6 Å². The molecule has 4 rings (SSSR count). The predicted octanol–water partition coefficient (Wildman–Crippen LogP) is 3.69. The van der Waals surface area contributed by atoms with E-state index in [0.717, 1.165) is 25.0 Å². The number of H-pyrrole nitrogens is 1. The number of carbonyl (C=O) groups is 1. The molecule has 0 aliphatic carbocycles. The van der Waals surface area contributed by atoms with Crippen molar-refractivity contribution in [2.75, 3.05) is 13.2 Å². The van der Waals surface area contributed by atoms with Crippen molar-refractivity contribution in [2.45, 2.75) is 38.1 Å². The number of nitrogens with zero attached hydrogens (tertiary/aromatic N) is 2. The highest BCUT2D eigenvalue weighted by atomic mass is 19.4. The normalized spacial score (nSPS) is 16.4. The molecule has 1 saturated heterocycles. The molecule has 1 fully saturated rings. The van der Waals surface area contributed by atoms with Crippen molar-refractivity contribution >= 4 is 16.8 Å². The quantitative estimate of drug-likeness (QED) is 0.628. The summed E-state index contributed by atoms with van der Waals surface area (Å²) in [5, 5.41) is 0.442. The standard InChI is InChI=1S/C23H22F3N3O3/c24-23(25,26)16-6-3-5-15(11-16)12-21(30)29(13-17-7-4-10-32-17)14-20-27-19-9-2-1-8-18(19)22(31)28-20/h1-3,5-6,8-9,11,17H,4,7,10,12-14H2,(H,27,28,31). The van der Waals surface area contributed by atoms with E-state index in [9.17, 15) is 22.8 Å². The molecule has 1 unspecified atom stereocenters. The van der Waals surface area contributed by atoms with Crippen LogP contribution in [0.5, 0.6) is 0 Å². The van der Waals surface area contributed by atoms with Gasteiger partial charge in [0.1, 0.15) is 5.82 Å².